The van der Waals surface area contributed by atoms with Crippen LogP contribution in [0.3, 0.4) is 0 Å². The first-order valence-electron chi connectivity index (χ1n) is 23.2. The minimum atomic E-state index is -1.38. The minimum absolute atomic E-state index is 0.0512. The lowest BCUT2D eigenvalue weighted by atomic mass is 9.71. The molecular formula is C48H59ClF2N10O6. The number of nitrogens with one attached hydrogen (secondary N) is 3. The van der Waals surface area contributed by atoms with Gasteiger partial charge in [0.2, 0.25) is 11.9 Å². The highest BCUT2D eigenvalue weighted by atomic mass is 35.5. The molecule has 0 bridgehead atoms. The van der Waals surface area contributed by atoms with Crippen LogP contribution in [0.25, 0.3) is 10.9 Å². The van der Waals surface area contributed by atoms with E-state index in [1.54, 1.807) is 16.7 Å². The molecule has 6 heterocycles. The van der Waals surface area contributed by atoms with Gasteiger partial charge in [-0.25, -0.2) is 13.8 Å². The molecule has 67 heavy (non-hydrogen) atoms. The first-order valence-corrected chi connectivity index (χ1v) is 23.5. The van der Waals surface area contributed by atoms with Crippen LogP contribution in [0.15, 0.2) is 47.4 Å². The molecule has 3 amide bonds. The Morgan fingerprint density at radius 2 is 1.64 bits per heavy atom. The van der Waals surface area contributed by atoms with Crippen molar-refractivity contribution in [2.24, 2.45) is 5.41 Å². The maximum Gasteiger partial charge on any atom is 0.293 e. The predicted octanol–water partition coefficient (Wildman–Crippen LogP) is 5.77. The molecule has 358 valence electrons. The number of rotatable bonds is 15. The third-order valence-corrected chi connectivity index (χ3v) is 14.4. The van der Waals surface area contributed by atoms with E-state index in [0.717, 1.165) is 45.1 Å². The Bertz CT molecular complexity index is 2590. The highest BCUT2D eigenvalue weighted by Gasteiger charge is 2.44. The van der Waals surface area contributed by atoms with Gasteiger partial charge in [-0.1, -0.05) is 17.7 Å². The Morgan fingerprint density at radius 3 is 2.31 bits per heavy atom. The number of aldehydes is 1. The van der Waals surface area contributed by atoms with Crippen LogP contribution in [-0.2, 0) is 20.9 Å². The van der Waals surface area contributed by atoms with E-state index in [9.17, 15) is 24.0 Å². The largest absolute Gasteiger partial charge is 0.478 e. The second-order valence-electron chi connectivity index (χ2n) is 18.6. The van der Waals surface area contributed by atoms with Crippen LogP contribution >= 0.6 is 11.6 Å². The van der Waals surface area contributed by atoms with Gasteiger partial charge < -0.3 is 49.6 Å². The number of piperidine rings is 3. The van der Waals surface area contributed by atoms with Crippen LogP contribution in [0.5, 0.6) is 5.75 Å². The first-order chi connectivity index (χ1) is 32.1. The fourth-order valence-corrected chi connectivity index (χ4v) is 10.4. The monoisotopic (exact) mass is 944 g/mol. The fraction of sp³-hybridized carbons (Fsp3) is 0.521. The molecule has 1 unspecified atom stereocenters. The molecule has 1 atom stereocenters. The van der Waals surface area contributed by atoms with Crippen LogP contribution in [0.4, 0.5) is 31.9 Å². The lowest BCUT2D eigenvalue weighted by Crippen LogP contribution is -2.52. The number of fused-ring (bicyclic) bond motifs is 2. The number of carbonyl (C=O) groups excluding carboxylic acids is 4. The highest BCUT2D eigenvalue weighted by molar-refractivity contribution is 6.33. The minimum Gasteiger partial charge on any atom is -0.478 e. The number of benzene rings is 2. The molecule has 3 N–H and O–H groups in total. The van der Waals surface area contributed by atoms with Crippen molar-refractivity contribution < 1.29 is 32.7 Å². The van der Waals surface area contributed by atoms with Gasteiger partial charge in [-0.15, -0.1) is 0 Å². The molecule has 0 aliphatic carbocycles. The van der Waals surface area contributed by atoms with E-state index in [0.29, 0.717) is 90.1 Å². The van der Waals surface area contributed by atoms with Crippen molar-refractivity contribution in [3.05, 3.63) is 74.9 Å². The van der Waals surface area contributed by atoms with E-state index < -0.39 is 23.4 Å². The number of anilines is 4. The summed E-state index contributed by atoms with van der Waals surface area (Å²) in [5.41, 5.74) is 0.949. The number of amides is 3. The summed E-state index contributed by atoms with van der Waals surface area (Å²) < 4.78 is 39.5. The normalized spacial score (nSPS) is 18.6. The van der Waals surface area contributed by atoms with Crippen LogP contribution in [0, 0.1) is 11.2 Å². The van der Waals surface area contributed by atoms with Gasteiger partial charge in [-0.3, -0.25) is 19.2 Å². The number of ether oxygens (including phenoxy) is 1. The zero-order chi connectivity index (χ0) is 47.6. The van der Waals surface area contributed by atoms with Crippen LogP contribution in [0.1, 0.15) is 87.2 Å². The van der Waals surface area contributed by atoms with Crippen molar-refractivity contribution in [3.8, 4) is 5.75 Å². The number of hydrogen-bond donors (Lipinski definition) is 3. The first kappa shape index (κ1) is 47.6. The van der Waals surface area contributed by atoms with E-state index in [1.165, 1.54) is 31.3 Å². The van der Waals surface area contributed by atoms with Gasteiger partial charge in [0.15, 0.2) is 18.2 Å². The van der Waals surface area contributed by atoms with Gasteiger partial charge in [0.25, 0.3) is 17.4 Å². The quantitative estimate of drug-likeness (QED) is 0.123. The van der Waals surface area contributed by atoms with Crippen LogP contribution in [-0.4, -0.2) is 127 Å². The Morgan fingerprint density at radius 1 is 0.940 bits per heavy atom. The number of halogens is 3. The molecule has 2 aromatic heterocycles. The zero-order valence-electron chi connectivity index (χ0n) is 38.5. The molecule has 3 saturated heterocycles. The number of likely N-dealkylation sites (N-methyl/N-ethyl adjacent to an activating group) is 2. The molecule has 4 aliphatic heterocycles. The van der Waals surface area contributed by atoms with E-state index in [2.05, 4.69) is 25.8 Å². The molecule has 0 saturated carbocycles. The lowest BCUT2D eigenvalue weighted by Gasteiger charge is -2.49. The van der Waals surface area contributed by atoms with E-state index in [-0.39, 0.29) is 66.3 Å². The van der Waals surface area contributed by atoms with Gasteiger partial charge in [0.1, 0.15) is 28.8 Å². The molecule has 4 aliphatic rings. The topological polar surface area (TPSA) is 174 Å². The van der Waals surface area contributed by atoms with Gasteiger partial charge >= 0.3 is 0 Å². The zero-order valence-corrected chi connectivity index (χ0v) is 39.3. The van der Waals surface area contributed by atoms with Gasteiger partial charge in [-0.2, -0.15) is 4.98 Å². The van der Waals surface area contributed by atoms with Crippen LogP contribution in [0.2, 0.25) is 5.02 Å². The summed E-state index contributed by atoms with van der Waals surface area (Å²) in [5, 5.41) is 9.37. The number of aromatic nitrogens is 3. The summed E-state index contributed by atoms with van der Waals surface area (Å²) in [6.07, 6.45) is 6.67. The molecule has 4 aromatic rings. The number of hydrogen-bond acceptors (Lipinski definition) is 12. The average Bonchev–Trinajstić information content (AvgIpc) is 3.65. The number of likely N-dealkylation sites (tertiary alicyclic amines) is 1. The standard InChI is InChI=1S/C48H59ClF2N10O6/c1-30(2)61-36-10-8-33(24-32(36)25-38(44(61)65)67-28-39(63)52-3)55-42-34(49)26-54-46(56-42)59-21-15-48(51,16-22-59)29-57-17-11-47(12-18-57)13-19-58(20-14-47)41-35(50)9-7-31-27-60(45(66)40(31)41)37(6-5-23-62)43(64)53-4/h7-10,23-26,30,37H,5-6,11-22,27-29H2,1-4H3,(H,52,63)(H,53,64)(H,54,55,56). The van der Waals surface area contributed by atoms with Crippen molar-refractivity contribution in [3.63, 3.8) is 0 Å². The van der Waals surface area contributed by atoms with E-state index >= 15 is 8.78 Å². The maximum atomic E-state index is 16.6. The number of carbonyl (C=O) groups is 4. The highest BCUT2D eigenvalue weighted by Crippen LogP contribution is 2.45. The van der Waals surface area contributed by atoms with Crippen molar-refractivity contribution in [2.75, 3.05) is 81.6 Å². The lowest BCUT2D eigenvalue weighted by molar-refractivity contribution is -0.125. The van der Waals surface area contributed by atoms with Crippen molar-refractivity contribution >= 4 is 69.7 Å². The van der Waals surface area contributed by atoms with Crippen molar-refractivity contribution in [1.29, 1.82) is 0 Å². The third-order valence-electron chi connectivity index (χ3n) is 14.2. The number of alkyl halides is 1. The van der Waals surface area contributed by atoms with Gasteiger partial charge in [0, 0.05) is 89.7 Å². The van der Waals surface area contributed by atoms with Crippen molar-refractivity contribution in [2.45, 2.75) is 89.5 Å². The Balaban J connectivity index is 0.853. The SMILES string of the molecule is CNC(=O)COc1cc2cc(Nc3nc(N4CCC(F)(CN5CCC6(CC5)CCN(c5c(F)ccc7c5C(=O)N(C(CCC=O)C(=O)NC)C7)CC6)CC4)ncc3Cl)ccc2n(C(C)C)c1=O. The Hall–Kier alpha value is -5.88. The molecule has 16 nitrogen and oxygen atoms in total. The molecule has 19 heteroatoms. The molecule has 1 spiro atoms. The van der Waals surface area contributed by atoms with Crippen molar-refractivity contribution in [1.82, 2.24) is 35.0 Å². The van der Waals surface area contributed by atoms with Gasteiger partial charge in [0.05, 0.1) is 23.0 Å². The molecule has 8 rings (SSSR count). The number of nitrogens with zero attached hydrogens (tertiary/aromatic N) is 7. The summed E-state index contributed by atoms with van der Waals surface area (Å²) in [6.45, 7) is 7.58. The maximum absolute atomic E-state index is 16.6. The molecule has 2 aromatic carbocycles. The van der Waals surface area contributed by atoms with E-state index in [4.69, 9.17) is 21.3 Å². The molecule has 0 radical (unpaired) electrons. The summed E-state index contributed by atoms with van der Waals surface area (Å²) in [7, 11) is 2.99. The average molecular weight is 946 g/mol. The summed E-state index contributed by atoms with van der Waals surface area (Å²) in [5.74, 6) is -0.707. The Labute approximate surface area is 393 Å². The van der Waals surface area contributed by atoms with Crippen LogP contribution < -0.4 is 36.0 Å². The summed E-state index contributed by atoms with van der Waals surface area (Å²) in [6, 6.07) is 9.14. The molecule has 3 fully saturated rings. The smallest absolute Gasteiger partial charge is 0.293 e. The predicted molar refractivity (Wildman–Crippen MR) is 253 cm³/mol. The fourth-order valence-electron chi connectivity index (χ4n) is 10.3. The Kier molecular flexibility index (Phi) is 14.0. The summed E-state index contributed by atoms with van der Waals surface area (Å²) in [4.78, 5) is 79.7. The molecular weight excluding hydrogens is 886 g/mol. The van der Waals surface area contributed by atoms with E-state index in [1.807, 2.05) is 41.8 Å². The second-order valence-corrected chi connectivity index (χ2v) is 19.1. The van der Waals surface area contributed by atoms with Gasteiger partial charge in [-0.05, 0) is 100 Å². The summed E-state index contributed by atoms with van der Waals surface area (Å²) >= 11 is 6.59. The number of pyridine rings is 1. The third kappa shape index (κ3) is 9.91. The second kappa shape index (κ2) is 19.8.